The number of aryl methyl sites for hydroxylation is 1. The van der Waals surface area contributed by atoms with Gasteiger partial charge in [0.05, 0.1) is 12.2 Å². The first-order chi connectivity index (χ1) is 13.9. The van der Waals surface area contributed by atoms with Gasteiger partial charge in [0, 0.05) is 52.5 Å². The topological polar surface area (TPSA) is 113 Å². The Hall–Kier alpha value is -3.46. The molecule has 29 heavy (non-hydrogen) atoms. The van der Waals surface area contributed by atoms with Crippen LogP contribution in [0.3, 0.4) is 0 Å². The van der Waals surface area contributed by atoms with Crippen molar-refractivity contribution in [3.05, 3.63) is 65.1 Å². The summed E-state index contributed by atoms with van der Waals surface area (Å²) in [5, 5.41) is 16.7. The van der Waals surface area contributed by atoms with Gasteiger partial charge in [-0.2, -0.15) is 0 Å². The zero-order valence-corrected chi connectivity index (χ0v) is 16.4. The molecule has 1 amide bonds. The number of nitrogens with zero attached hydrogens (tertiary/aromatic N) is 3. The van der Waals surface area contributed by atoms with Crippen LogP contribution in [0, 0.1) is 6.92 Å². The van der Waals surface area contributed by atoms with Crippen molar-refractivity contribution in [1.29, 1.82) is 0 Å². The first kappa shape index (κ1) is 20.3. The number of hydrogen-bond acceptors (Lipinski definition) is 5. The van der Waals surface area contributed by atoms with E-state index in [9.17, 15) is 14.4 Å². The molecule has 4 rings (SSSR count). The Bertz CT molecular complexity index is 1080. The molecule has 0 bridgehead atoms. The van der Waals surface area contributed by atoms with Crippen LogP contribution in [0.25, 0.3) is 10.1 Å². The van der Waals surface area contributed by atoms with Gasteiger partial charge < -0.3 is 19.7 Å². The number of carbonyl (C=O) groups is 3. The SMILES string of the molecule is Cc1nccn1CN1CCc2sc3ccccc3c2C1=O.O=C(O)C=CC(=O)O. The van der Waals surface area contributed by atoms with Crippen LogP contribution < -0.4 is 0 Å². The Labute approximate surface area is 170 Å². The van der Waals surface area contributed by atoms with Crippen molar-refractivity contribution in [3.63, 3.8) is 0 Å². The maximum atomic E-state index is 12.8. The highest BCUT2D eigenvalue weighted by molar-refractivity contribution is 7.19. The van der Waals surface area contributed by atoms with Gasteiger partial charge in [-0.05, 0) is 13.0 Å². The molecule has 2 aromatic heterocycles. The number of amides is 1. The molecule has 1 aliphatic rings. The number of rotatable bonds is 4. The van der Waals surface area contributed by atoms with Gasteiger partial charge in [0.1, 0.15) is 5.82 Å². The van der Waals surface area contributed by atoms with Crippen LogP contribution in [0.5, 0.6) is 0 Å². The second kappa shape index (κ2) is 8.70. The highest BCUT2D eigenvalue weighted by atomic mass is 32.1. The summed E-state index contributed by atoms with van der Waals surface area (Å²) in [6.07, 6.45) is 5.75. The van der Waals surface area contributed by atoms with Crippen LogP contribution in [-0.4, -0.2) is 49.1 Å². The predicted octanol–water partition coefficient (Wildman–Crippen LogP) is 2.77. The van der Waals surface area contributed by atoms with Gasteiger partial charge in [0.15, 0.2) is 0 Å². The average molecular weight is 413 g/mol. The maximum absolute atomic E-state index is 12.8. The fourth-order valence-corrected chi connectivity index (χ4v) is 4.20. The van der Waals surface area contributed by atoms with E-state index in [0.717, 1.165) is 29.7 Å². The van der Waals surface area contributed by atoms with Crippen LogP contribution in [-0.2, 0) is 22.7 Å². The van der Waals surface area contributed by atoms with Crippen molar-refractivity contribution < 1.29 is 24.6 Å². The first-order valence-electron chi connectivity index (χ1n) is 8.78. The third-order valence-corrected chi connectivity index (χ3v) is 5.62. The summed E-state index contributed by atoms with van der Waals surface area (Å²) < 4.78 is 3.22. The molecule has 9 heteroatoms. The van der Waals surface area contributed by atoms with E-state index in [2.05, 4.69) is 17.1 Å². The molecular weight excluding hydrogens is 394 g/mol. The monoisotopic (exact) mass is 413 g/mol. The average Bonchev–Trinajstić information content (AvgIpc) is 3.26. The third kappa shape index (κ3) is 4.69. The fraction of sp³-hybridized carbons (Fsp3) is 0.200. The molecule has 150 valence electrons. The van der Waals surface area contributed by atoms with E-state index in [4.69, 9.17) is 10.2 Å². The maximum Gasteiger partial charge on any atom is 0.328 e. The molecular formula is C20H19N3O5S. The second-order valence-corrected chi connectivity index (χ2v) is 7.45. The lowest BCUT2D eigenvalue weighted by Gasteiger charge is -2.27. The lowest BCUT2D eigenvalue weighted by Crippen LogP contribution is -2.38. The van der Waals surface area contributed by atoms with Gasteiger partial charge in [-0.25, -0.2) is 14.6 Å². The number of carboxylic acids is 2. The van der Waals surface area contributed by atoms with Gasteiger partial charge in [-0.3, -0.25) is 4.79 Å². The van der Waals surface area contributed by atoms with Crippen molar-refractivity contribution in [3.8, 4) is 0 Å². The molecule has 0 unspecified atom stereocenters. The molecule has 3 heterocycles. The molecule has 1 aromatic carbocycles. The number of fused-ring (bicyclic) bond motifs is 3. The number of aromatic nitrogens is 2. The van der Waals surface area contributed by atoms with Crippen molar-refractivity contribution in [2.24, 2.45) is 0 Å². The van der Waals surface area contributed by atoms with Gasteiger partial charge in [-0.1, -0.05) is 18.2 Å². The molecule has 0 aliphatic carbocycles. The third-order valence-electron chi connectivity index (χ3n) is 4.39. The Kier molecular flexibility index (Phi) is 6.08. The number of benzene rings is 1. The van der Waals surface area contributed by atoms with E-state index < -0.39 is 11.9 Å². The van der Waals surface area contributed by atoms with E-state index >= 15 is 0 Å². The van der Waals surface area contributed by atoms with E-state index in [1.54, 1.807) is 17.5 Å². The molecule has 3 aromatic rings. The summed E-state index contributed by atoms with van der Waals surface area (Å²) in [5.41, 5.74) is 0.902. The molecule has 0 radical (unpaired) electrons. The highest BCUT2D eigenvalue weighted by Gasteiger charge is 2.28. The van der Waals surface area contributed by atoms with Crippen LogP contribution >= 0.6 is 11.3 Å². The molecule has 1 aliphatic heterocycles. The van der Waals surface area contributed by atoms with Crippen molar-refractivity contribution in [1.82, 2.24) is 14.5 Å². The van der Waals surface area contributed by atoms with Gasteiger partial charge >= 0.3 is 11.9 Å². The molecule has 2 N–H and O–H groups in total. The van der Waals surface area contributed by atoms with Gasteiger partial charge in [-0.15, -0.1) is 11.3 Å². The van der Waals surface area contributed by atoms with Crippen LogP contribution in [0.15, 0.2) is 48.8 Å². The van der Waals surface area contributed by atoms with Crippen LogP contribution in [0.4, 0.5) is 0 Å². The summed E-state index contributed by atoms with van der Waals surface area (Å²) in [6.45, 7) is 3.31. The Balaban J connectivity index is 0.000000258. The van der Waals surface area contributed by atoms with Crippen molar-refractivity contribution in [2.45, 2.75) is 20.0 Å². The first-order valence-corrected chi connectivity index (χ1v) is 9.60. The van der Waals surface area contributed by atoms with E-state index in [1.807, 2.05) is 34.7 Å². The lowest BCUT2D eigenvalue weighted by atomic mass is 10.0. The summed E-state index contributed by atoms with van der Waals surface area (Å²) in [4.78, 5) is 39.3. The number of carboxylic acid groups (broad SMARTS) is 2. The molecule has 0 spiro atoms. The normalized spacial score (nSPS) is 13.3. The lowest BCUT2D eigenvalue weighted by molar-refractivity contribution is -0.134. The molecule has 8 nitrogen and oxygen atoms in total. The Morgan fingerprint density at radius 1 is 1.21 bits per heavy atom. The number of carbonyl (C=O) groups excluding carboxylic acids is 1. The van der Waals surface area contributed by atoms with Crippen LogP contribution in [0.2, 0.25) is 0 Å². The zero-order valence-electron chi connectivity index (χ0n) is 15.6. The highest BCUT2D eigenvalue weighted by Crippen LogP contribution is 2.35. The Morgan fingerprint density at radius 2 is 1.90 bits per heavy atom. The minimum absolute atomic E-state index is 0.141. The summed E-state index contributed by atoms with van der Waals surface area (Å²) in [5.74, 6) is -1.44. The fourth-order valence-electron chi connectivity index (χ4n) is 3.02. The van der Waals surface area contributed by atoms with Crippen LogP contribution in [0.1, 0.15) is 21.1 Å². The zero-order chi connectivity index (χ0) is 21.0. The number of imidazole rings is 1. The molecule has 0 saturated heterocycles. The Morgan fingerprint density at radius 3 is 2.52 bits per heavy atom. The van der Waals surface area contributed by atoms with E-state index in [-0.39, 0.29) is 5.91 Å². The summed E-state index contributed by atoms with van der Waals surface area (Å²) in [6, 6.07) is 8.17. The van der Waals surface area contributed by atoms with Gasteiger partial charge in [0.2, 0.25) is 0 Å². The minimum atomic E-state index is -1.26. The van der Waals surface area contributed by atoms with Crippen molar-refractivity contribution >= 4 is 39.3 Å². The largest absolute Gasteiger partial charge is 0.478 e. The molecule has 0 atom stereocenters. The number of aliphatic carboxylic acids is 2. The number of thiophene rings is 1. The molecule has 0 saturated carbocycles. The molecule has 0 fully saturated rings. The van der Waals surface area contributed by atoms with E-state index in [1.165, 1.54) is 9.58 Å². The number of hydrogen-bond donors (Lipinski definition) is 2. The quantitative estimate of drug-likeness (QED) is 0.636. The second-order valence-electron chi connectivity index (χ2n) is 6.31. The van der Waals surface area contributed by atoms with E-state index in [0.29, 0.717) is 18.8 Å². The summed E-state index contributed by atoms with van der Waals surface area (Å²) >= 11 is 1.75. The standard InChI is InChI=1S/C16H15N3OS.C4H4O4/c1-11-17-7-9-18(11)10-19-8-6-14-15(16(19)20)12-4-2-3-5-13(12)21-14;5-3(6)1-2-4(7)8/h2-5,7,9H,6,8,10H2,1H3;1-2H,(H,5,6)(H,7,8). The van der Waals surface area contributed by atoms with Gasteiger partial charge in [0.25, 0.3) is 5.91 Å². The summed E-state index contributed by atoms with van der Waals surface area (Å²) in [7, 11) is 0. The minimum Gasteiger partial charge on any atom is -0.478 e. The smallest absolute Gasteiger partial charge is 0.328 e. The van der Waals surface area contributed by atoms with Crippen molar-refractivity contribution in [2.75, 3.05) is 6.54 Å². The predicted molar refractivity (Wildman–Crippen MR) is 108 cm³/mol.